The fourth-order valence-electron chi connectivity index (χ4n) is 4.23. The second-order valence-electron chi connectivity index (χ2n) is 8.49. The van der Waals surface area contributed by atoms with E-state index < -0.39 is 23.5 Å². The maximum Gasteiger partial charge on any atom is 0.408 e. The second-order valence-corrected chi connectivity index (χ2v) is 8.49. The Morgan fingerprint density at radius 1 is 1.09 bits per heavy atom. The van der Waals surface area contributed by atoms with E-state index in [-0.39, 0.29) is 31.4 Å². The third-order valence-electron chi connectivity index (χ3n) is 5.84. The van der Waals surface area contributed by atoms with Crippen LogP contribution >= 0.6 is 0 Å². The summed E-state index contributed by atoms with van der Waals surface area (Å²) in [6.45, 7) is 1.15. The molecule has 0 radical (unpaired) electrons. The van der Waals surface area contributed by atoms with Gasteiger partial charge in [-0.25, -0.2) is 4.79 Å². The predicted molar refractivity (Wildman–Crippen MR) is 127 cm³/mol. The van der Waals surface area contributed by atoms with Gasteiger partial charge in [-0.2, -0.15) is 5.10 Å². The van der Waals surface area contributed by atoms with E-state index in [0.29, 0.717) is 0 Å². The molecule has 0 saturated heterocycles. The summed E-state index contributed by atoms with van der Waals surface area (Å²) in [6, 6.07) is 16.0. The number of carbonyl (C=O) groups is 3. The first-order valence-electron chi connectivity index (χ1n) is 11.0. The number of nitrogens with one attached hydrogen (secondary N) is 2. The summed E-state index contributed by atoms with van der Waals surface area (Å²) in [5, 5.41) is 18.0. The predicted octanol–water partition coefficient (Wildman–Crippen LogP) is 2.85. The summed E-state index contributed by atoms with van der Waals surface area (Å²) in [5.41, 5.74) is 3.22. The molecule has 182 valence electrons. The fraction of sp³-hybridized carbons (Fsp3) is 0.280. The van der Waals surface area contributed by atoms with Gasteiger partial charge in [0, 0.05) is 19.2 Å². The van der Waals surface area contributed by atoms with Crippen LogP contribution in [0, 0.1) is 0 Å². The molecule has 2 amide bonds. The first-order chi connectivity index (χ1) is 16.8. The minimum atomic E-state index is -1.45. The van der Waals surface area contributed by atoms with E-state index in [1.807, 2.05) is 48.5 Å². The zero-order chi connectivity index (χ0) is 25.0. The van der Waals surface area contributed by atoms with Crippen LogP contribution in [-0.4, -0.2) is 58.7 Å². The largest absolute Gasteiger partial charge is 0.480 e. The lowest BCUT2D eigenvalue weighted by molar-refractivity contribution is -0.137. The molecule has 35 heavy (non-hydrogen) atoms. The van der Waals surface area contributed by atoms with Crippen LogP contribution in [0.25, 0.3) is 11.1 Å². The Labute approximate surface area is 201 Å². The highest BCUT2D eigenvalue weighted by Crippen LogP contribution is 2.44. The average Bonchev–Trinajstić information content (AvgIpc) is 3.39. The summed E-state index contributed by atoms with van der Waals surface area (Å²) in [7, 11) is 1.41. The molecule has 1 heterocycles. The normalized spacial score (nSPS) is 13.9. The number of nitrogens with zero attached hydrogens (tertiary/aromatic N) is 2. The lowest BCUT2D eigenvalue weighted by Crippen LogP contribution is -2.57. The van der Waals surface area contributed by atoms with Gasteiger partial charge < -0.3 is 25.2 Å². The number of ether oxygens (including phenoxy) is 2. The van der Waals surface area contributed by atoms with Crippen molar-refractivity contribution in [2.45, 2.75) is 24.9 Å². The molecular formula is C25H26N4O6. The number of alkyl carbamates (subject to hydrolysis) is 1. The molecule has 0 aliphatic heterocycles. The molecule has 2 aromatic carbocycles. The maximum atomic E-state index is 13.0. The zero-order valence-electron chi connectivity index (χ0n) is 19.4. The Kier molecular flexibility index (Phi) is 6.83. The molecule has 4 rings (SSSR count). The Hall–Kier alpha value is -4.18. The van der Waals surface area contributed by atoms with Crippen molar-refractivity contribution in [2.75, 3.05) is 25.6 Å². The lowest BCUT2D eigenvalue weighted by atomic mass is 9.98. The number of fused-ring (bicyclic) bond motifs is 3. The smallest absolute Gasteiger partial charge is 0.408 e. The first-order valence-corrected chi connectivity index (χ1v) is 11.0. The van der Waals surface area contributed by atoms with Gasteiger partial charge in [0.15, 0.2) is 0 Å². The van der Waals surface area contributed by atoms with E-state index in [1.54, 1.807) is 0 Å². The molecule has 0 fully saturated rings. The highest BCUT2D eigenvalue weighted by Gasteiger charge is 2.37. The van der Waals surface area contributed by atoms with Crippen LogP contribution in [0.15, 0.2) is 60.9 Å². The fourth-order valence-corrected chi connectivity index (χ4v) is 4.23. The van der Waals surface area contributed by atoms with E-state index in [2.05, 4.69) is 15.7 Å². The molecule has 1 aromatic heterocycles. The quantitative estimate of drug-likeness (QED) is 0.431. The molecule has 3 N–H and O–H groups in total. The van der Waals surface area contributed by atoms with Crippen LogP contribution < -0.4 is 10.6 Å². The molecular weight excluding hydrogens is 452 g/mol. The number of anilines is 1. The highest BCUT2D eigenvalue weighted by molar-refractivity contribution is 5.99. The van der Waals surface area contributed by atoms with E-state index in [1.165, 1.54) is 31.1 Å². The second kappa shape index (κ2) is 9.98. The number of rotatable bonds is 9. The minimum Gasteiger partial charge on any atom is -0.480 e. The third-order valence-corrected chi connectivity index (χ3v) is 5.84. The number of methoxy groups -OCH3 is 1. The Balaban J connectivity index is 1.42. The summed E-state index contributed by atoms with van der Waals surface area (Å²) >= 11 is 0. The molecule has 1 aliphatic carbocycles. The van der Waals surface area contributed by atoms with E-state index in [0.717, 1.165) is 22.3 Å². The van der Waals surface area contributed by atoms with Crippen LogP contribution in [0.5, 0.6) is 0 Å². The molecule has 0 bridgehead atoms. The molecule has 0 saturated carbocycles. The number of carbonyl (C=O) groups excluding carboxylic acids is 2. The van der Waals surface area contributed by atoms with Gasteiger partial charge in [0.05, 0.1) is 18.5 Å². The van der Waals surface area contributed by atoms with Crippen molar-refractivity contribution in [3.8, 4) is 11.1 Å². The van der Waals surface area contributed by atoms with Crippen molar-refractivity contribution in [1.82, 2.24) is 15.1 Å². The first kappa shape index (κ1) is 24.0. The van der Waals surface area contributed by atoms with Crippen molar-refractivity contribution in [3.63, 3.8) is 0 Å². The maximum absolute atomic E-state index is 13.0. The van der Waals surface area contributed by atoms with Gasteiger partial charge in [-0.05, 0) is 29.2 Å². The molecule has 0 spiro atoms. The Bertz CT molecular complexity index is 1210. The number of amides is 2. The number of carboxylic acid groups (broad SMARTS) is 1. The van der Waals surface area contributed by atoms with E-state index in [4.69, 9.17) is 14.6 Å². The summed E-state index contributed by atoms with van der Waals surface area (Å²) in [4.78, 5) is 36.5. The monoisotopic (exact) mass is 478 g/mol. The number of benzene rings is 2. The minimum absolute atomic E-state index is 0.104. The number of hydrogen-bond donors (Lipinski definition) is 3. The summed E-state index contributed by atoms with van der Waals surface area (Å²) in [5.74, 6) is -1.74. The lowest BCUT2D eigenvalue weighted by Gasteiger charge is -2.28. The number of hydrogen-bond acceptors (Lipinski definition) is 6. The molecule has 1 unspecified atom stereocenters. The zero-order valence-corrected chi connectivity index (χ0v) is 19.4. The molecule has 3 aromatic rings. The van der Waals surface area contributed by atoms with Crippen molar-refractivity contribution in [3.05, 3.63) is 72.1 Å². The summed E-state index contributed by atoms with van der Waals surface area (Å²) in [6.07, 6.45) is 1.94. The standard InChI is InChI=1S/C25H26N4O6/c1-25(15-34-2,23(32)27-16-11-26-29(12-16)13-22(30)31)28-24(33)35-14-21-19-9-5-3-7-17(19)18-8-4-6-10-20(18)21/h3-12,21H,13-15H2,1-2H3,(H,27,32)(H,28,33)(H,30,31). The van der Waals surface area contributed by atoms with Crippen molar-refractivity contribution in [2.24, 2.45) is 0 Å². The van der Waals surface area contributed by atoms with Gasteiger partial charge >= 0.3 is 12.1 Å². The number of carboxylic acids is 1. The van der Waals surface area contributed by atoms with Crippen LogP contribution in [0.2, 0.25) is 0 Å². The number of aromatic nitrogens is 2. The average molecular weight is 479 g/mol. The van der Waals surface area contributed by atoms with Gasteiger partial charge in [0.2, 0.25) is 0 Å². The van der Waals surface area contributed by atoms with Crippen LogP contribution in [-0.2, 0) is 25.6 Å². The molecule has 1 aliphatic rings. The SMILES string of the molecule is COCC(C)(NC(=O)OCC1c2ccccc2-c2ccccc21)C(=O)Nc1cnn(CC(=O)O)c1. The molecule has 1 atom stereocenters. The van der Waals surface area contributed by atoms with Crippen molar-refractivity contribution in [1.29, 1.82) is 0 Å². The van der Waals surface area contributed by atoms with E-state index >= 15 is 0 Å². The van der Waals surface area contributed by atoms with Crippen LogP contribution in [0.1, 0.15) is 24.0 Å². The van der Waals surface area contributed by atoms with Gasteiger partial charge in [0.1, 0.15) is 18.7 Å². The molecule has 10 heteroatoms. The Morgan fingerprint density at radius 3 is 2.31 bits per heavy atom. The van der Waals surface area contributed by atoms with Crippen LogP contribution in [0.3, 0.4) is 0 Å². The van der Waals surface area contributed by atoms with Gasteiger partial charge in [0.25, 0.3) is 5.91 Å². The van der Waals surface area contributed by atoms with E-state index in [9.17, 15) is 14.4 Å². The van der Waals surface area contributed by atoms with Gasteiger partial charge in [-0.3, -0.25) is 14.3 Å². The summed E-state index contributed by atoms with van der Waals surface area (Å²) < 4.78 is 11.9. The Morgan fingerprint density at radius 2 is 1.71 bits per heavy atom. The van der Waals surface area contributed by atoms with Crippen LogP contribution in [0.4, 0.5) is 10.5 Å². The van der Waals surface area contributed by atoms with Crippen molar-refractivity contribution < 1.29 is 29.0 Å². The number of aliphatic carboxylic acids is 1. The van der Waals surface area contributed by atoms with Crippen molar-refractivity contribution >= 4 is 23.7 Å². The third kappa shape index (κ3) is 5.17. The van der Waals surface area contributed by atoms with Gasteiger partial charge in [-0.1, -0.05) is 48.5 Å². The highest BCUT2D eigenvalue weighted by atomic mass is 16.5. The van der Waals surface area contributed by atoms with Gasteiger partial charge in [-0.15, -0.1) is 0 Å². The topological polar surface area (TPSA) is 132 Å². The molecule has 10 nitrogen and oxygen atoms in total.